The van der Waals surface area contributed by atoms with E-state index < -0.39 is 16.1 Å². The standard InChI is InChI=1S/C17H17FN2O3S2/c1-19-17(21)11-2-5-13(6-3-11)25(22,23)20-15-8-9-24-16-7-4-12(18)10-14(15)16/h2-7,10,15,20H,8-9H2,1H3,(H,19,21)/t15-/m0/s1. The van der Waals surface area contributed by atoms with Crippen molar-refractivity contribution in [1.29, 1.82) is 0 Å². The largest absolute Gasteiger partial charge is 0.355 e. The molecule has 0 saturated carbocycles. The van der Waals surface area contributed by atoms with Crippen molar-refractivity contribution in [1.82, 2.24) is 10.0 Å². The molecular weight excluding hydrogens is 363 g/mol. The summed E-state index contributed by atoms with van der Waals surface area (Å²) in [6.45, 7) is 0. The van der Waals surface area contributed by atoms with E-state index in [2.05, 4.69) is 10.0 Å². The molecule has 8 heteroatoms. The summed E-state index contributed by atoms with van der Waals surface area (Å²) in [5.41, 5.74) is 1.03. The first kappa shape index (κ1) is 17.9. The Morgan fingerprint density at radius 2 is 1.92 bits per heavy atom. The van der Waals surface area contributed by atoms with Gasteiger partial charge in [0, 0.05) is 23.5 Å². The van der Waals surface area contributed by atoms with Crippen LogP contribution in [-0.2, 0) is 10.0 Å². The summed E-state index contributed by atoms with van der Waals surface area (Å²) in [6, 6.07) is 9.64. The van der Waals surface area contributed by atoms with Crippen LogP contribution in [-0.4, -0.2) is 27.1 Å². The van der Waals surface area contributed by atoms with E-state index in [1.807, 2.05) is 0 Å². The maximum Gasteiger partial charge on any atom is 0.251 e. The number of benzene rings is 2. The van der Waals surface area contributed by atoms with Crippen LogP contribution in [0.5, 0.6) is 0 Å². The van der Waals surface area contributed by atoms with E-state index in [0.717, 1.165) is 10.6 Å². The average molecular weight is 380 g/mol. The number of nitrogens with one attached hydrogen (secondary N) is 2. The first-order valence-electron chi connectivity index (χ1n) is 7.67. The maximum absolute atomic E-state index is 13.6. The molecule has 25 heavy (non-hydrogen) atoms. The van der Waals surface area contributed by atoms with Gasteiger partial charge in [0.15, 0.2) is 0 Å². The van der Waals surface area contributed by atoms with Gasteiger partial charge in [-0.15, -0.1) is 11.8 Å². The van der Waals surface area contributed by atoms with E-state index >= 15 is 0 Å². The number of hydrogen-bond acceptors (Lipinski definition) is 4. The van der Waals surface area contributed by atoms with Crippen LogP contribution >= 0.6 is 11.8 Å². The zero-order valence-electron chi connectivity index (χ0n) is 13.5. The molecule has 0 radical (unpaired) electrons. The number of fused-ring (bicyclic) bond motifs is 1. The third-order valence-electron chi connectivity index (χ3n) is 3.96. The number of hydrogen-bond donors (Lipinski definition) is 2. The number of halogens is 1. The number of sulfonamides is 1. The van der Waals surface area contributed by atoms with Gasteiger partial charge >= 0.3 is 0 Å². The molecule has 2 aromatic rings. The van der Waals surface area contributed by atoms with Crippen LogP contribution in [0.2, 0.25) is 0 Å². The van der Waals surface area contributed by atoms with Crippen molar-refractivity contribution in [2.45, 2.75) is 22.3 Å². The second-order valence-corrected chi connectivity index (χ2v) is 8.45. The van der Waals surface area contributed by atoms with Crippen molar-refractivity contribution in [3.8, 4) is 0 Å². The number of carbonyl (C=O) groups is 1. The molecule has 0 fully saturated rings. The van der Waals surface area contributed by atoms with Crippen LogP contribution in [0, 0.1) is 5.82 Å². The van der Waals surface area contributed by atoms with Gasteiger partial charge in [-0.05, 0) is 60.2 Å². The molecule has 0 saturated heterocycles. The van der Waals surface area contributed by atoms with Crippen LogP contribution in [0.15, 0.2) is 52.3 Å². The molecule has 1 atom stereocenters. The van der Waals surface area contributed by atoms with Crippen LogP contribution in [0.1, 0.15) is 28.4 Å². The van der Waals surface area contributed by atoms with E-state index in [4.69, 9.17) is 0 Å². The lowest BCUT2D eigenvalue weighted by molar-refractivity contribution is 0.0963. The highest BCUT2D eigenvalue weighted by molar-refractivity contribution is 7.99. The van der Waals surface area contributed by atoms with Crippen LogP contribution in [0.3, 0.4) is 0 Å². The van der Waals surface area contributed by atoms with Crippen molar-refractivity contribution in [2.75, 3.05) is 12.8 Å². The Balaban J connectivity index is 1.85. The van der Waals surface area contributed by atoms with Crippen molar-refractivity contribution in [2.24, 2.45) is 0 Å². The monoisotopic (exact) mass is 380 g/mol. The second-order valence-electron chi connectivity index (χ2n) is 5.60. The fourth-order valence-electron chi connectivity index (χ4n) is 2.67. The highest BCUT2D eigenvalue weighted by atomic mass is 32.2. The molecule has 0 aromatic heterocycles. The van der Waals surface area contributed by atoms with E-state index in [1.54, 1.807) is 17.8 Å². The third-order valence-corrected chi connectivity index (χ3v) is 6.57. The minimum Gasteiger partial charge on any atom is -0.355 e. The van der Waals surface area contributed by atoms with E-state index in [9.17, 15) is 17.6 Å². The lowest BCUT2D eigenvalue weighted by Crippen LogP contribution is -2.31. The van der Waals surface area contributed by atoms with Gasteiger partial charge in [-0.25, -0.2) is 17.5 Å². The third kappa shape index (κ3) is 3.86. The molecule has 132 valence electrons. The van der Waals surface area contributed by atoms with Crippen LogP contribution < -0.4 is 10.0 Å². The van der Waals surface area contributed by atoms with Gasteiger partial charge in [-0.1, -0.05) is 0 Å². The molecule has 2 aromatic carbocycles. The predicted molar refractivity (Wildman–Crippen MR) is 94.6 cm³/mol. The molecule has 1 aliphatic rings. The number of amides is 1. The normalized spacial score (nSPS) is 17.0. The molecule has 1 heterocycles. The Morgan fingerprint density at radius 1 is 1.20 bits per heavy atom. The number of thioether (sulfide) groups is 1. The van der Waals surface area contributed by atoms with Crippen molar-refractivity contribution < 1.29 is 17.6 Å². The highest BCUT2D eigenvalue weighted by Gasteiger charge is 2.26. The fourth-order valence-corrected chi connectivity index (χ4v) is 5.03. The smallest absolute Gasteiger partial charge is 0.251 e. The summed E-state index contributed by atoms with van der Waals surface area (Å²) >= 11 is 1.58. The summed E-state index contributed by atoms with van der Waals surface area (Å²) in [5.74, 6) is 0.0764. The number of carbonyl (C=O) groups excluding carboxylic acids is 1. The van der Waals surface area contributed by atoms with E-state index in [0.29, 0.717) is 17.5 Å². The minimum absolute atomic E-state index is 0.0660. The Labute approximate surface area is 150 Å². The van der Waals surface area contributed by atoms with Crippen LogP contribution in [0.25, 0.3) is 0 Å². The Hall–Kier alpha value is -1.90. The van der Waals surface area contributed by atoms with Gasteiger partial charge < -0.3 is 5.32 Å². The molecular formula is C17H17FN2O3S2. The maximum atomic E-state index is 13.6. The fraction of sp³-hybridized carbons (Fsp3) is 0.235. The average Bonchev–Trinajstić information content (AvgIpc) is 2.61. The van der Waals surface area contributed by atoms with E-state index in [1.165, 1.54) is 43.4 Å². The molecule has 0 bridgehead atoms. The molecule has 0 spiro atoms. The summed E-state index contributed by atoms with van der Waals surface area (Å²) in [7, 11) is -2.27. The SMILES string of the molecule is CNC(=O)c1ccc(S(=O)(=O)N[C@H]2CCSc3ccc(F)cc32)cc1. The zero-order chi connectivity index (χ0) is 18.0. The lowest BCUT2D eigenvalue weighted by Gasteiger charge is -2.25. The Morgan fingerprint density at radius 3 is 2.60 bits per heavy atom. The first-order valence-corrected chi connectivity index (χ1v) is 10.1. The topological polar surface area (TPSA) is 75.3 Å². The van der Waals surface area contributed by atoms with Crippen molar-refractivity contribution >= 4 is 27.7 Å². The molecule has 2 N–H and O–H groups in total. The molecule has 0 aliphatic carbocycles. The second kappa shape index (κ2) is 7.15. The number of rotatable bonds is 4. The molecule has 5 nitrogen and oxygen atoms in total. The Bertz CT molecular complexity index is 899. The van der Waals surface area contributed by atoms with Crippen molar-refractivity contribution in [3.63, 3.8) is 0 Å². The zero-order valence-corrected chi connectivity index (χ0v) is 15.1. The summed E-state index contributed by atoms with van der Waals surface area (Å²) in [6.07, 6.45) is 0.580. The molecule has 1 amide bonds. The minimum atomic E-state index is -3.78. The quantitative estimate of drug-likeness (QED) is 0.855. The first-order chi connectivity index (χ1) is 11.9. The van der Waals surface area contributed by atoms with Crippen LogP contribution in [0.4, 0.5) is 4.39 Å². The van der Waals surface area contributed by atoms with Gasteiger partial charge in [0.05, 0.1) is 4.90 Å². The predicted octanol–water partition coefficient (Wildman–Crippen LogP) is 2.70. The van der Waals surface area contributed by atoms with Gasteiger partial charge in [0.1, 0.15) is 5.82 Å². The molecule has 3 rings (SSSR count). The summed E-state index contributed by atoms with van der Waals surface area (Å²) < 4.78 is 41.5. The van der Waals surface area contributed by atoms with E-state index in [-0.39, 0.29) is 16.6 Å². The summed E-state index contributed by atoms with van der Waals surface area (Å²) in [4.78, 5) is 12.5. The molecule has 0 unspecified atom stereocenters. The molecule has 1 aliphatic heterocycles. The van der Waals surface area contributed by atoms with Gasteiger partial charge in [-0.3, -0.25) is 4.79 Å². The van der Waals surface area contributed by atoms with Gasteiger partial charge in [0.25, 0.3) is 5.91 Å². The van der Waals surface area contributed by atoms with Gasteiger partial charge in [-0.2, -0.15) is 0 Å². The Kier molecular flexibility index (Phi) is 5.12. The highest BCUT2D eigenvalue weighted by Crippen LogP contribution is 2.37. The van der Waals surface area contributed by atoms with Gasteiger partial charge in [0.2, 0.25) is 10.0 Å². The lowest BCUT2D eigenvalue weighted by atomic mass is 10.0. The summed E-state index contributed by atoms with van der Waals surface area (Å²) in [5, 5.41) is 2.48. The van der Waals surface area contributed by atoms with Crippen molar-refractivity contribution in [3.05, 3.63) is 59.4 Å².